The van der Waals surface area contributed by atoms with E-state index in [-0.39, 0.29) is 47.2 Å². The second-order valence-electron chi connectivity index (χ2n) is 17.9. The highest BCUT2D eigenvalue weighted by Crippen LogP contribution is 2.38. The van der Waals surface area contributed by atoms with Gasteiger partial charge in [0.2, 0.25) is 11.8 Å². The number of alkyl halides is 3. The van der Waals surface area contributed by atoms with Crippen LogP contribution in [0.4, 0.5) is 30.4 Å². The third kappa shape index (κ3) is 8.26. The van der Waals surface area contributed by atoms with Crippen LogP contribution in [-0.4, -0.2) is 124 Å². The van der Waals surface area contributed by atoms with E-state index in [0.29, 0.717) is 55.6 Å². The molecule has 3 aromatic heterocycles. The largest absolute Gasteiger partial charge is 0.375 e. The Morgan fingerprint density at radius 1 is 1.03 bits per heavy atom. The van der Waals surface area contributed by atoms with Gasteiger partial charge in [-0.05, 0) is 74.6 Å². The molecule has 330 valence electrons. The number of aromatic nitrogens is 5. The number of hydrogen-bond acceptors (Lipinski definition) is 11. The average molecular weight is 879 g/mol. The lowest BCUT2D eigenvalue weighted by molar-refractivity contribution is -0.134. The van der Waals surface area contributed by atoms with E-state index in [4.69, 9.17) is 26.1 Å². The molecule has 5 saturated heterocycles. The fourth-order valence-corrected chi connectivity index (χ4v) is 10.6. The van der Waals surface area contributed by atoms with E-state index < -0.39 is 36.2 Å². The van der Waals surface area contributed by atoms with Crippen LogP contribution >= 0.6 is 11.6 Å². The summed E-state index contributed by atoms with van der Waals surface area (Å²) in [5, 5.41) is 14.1. The number of fused-ring (bicyclic) bond motifs is 3. The summed E-state index contributed by atoms with van der Waals surface area (Å²) >= 11 is 6.58. The average Bonchev–Trinajstić information content (AvgIpc) is 4.06. The number of nitrogens with zero attached hydrogens (tertiary/aromatic N) is 8. The van der Waals surface area contributed by atoms with E-state index in [2.05, 4.69) is 35.5 Å². The molecule has 6 fully saturated rings. The van der Waals surface area contributed by atoms with Gasteiger partial charge in [-0.25, -0.2) is 22.7 Å². The van der Waals surface area contributed by atoms with Gasteiger partial charge in [0.1, 0.15) is 17.6 Å². The smallest absolute Gasteiger partial charge is 0.284 e. The number of halogens is 4. The molecular weight excluding hydrogens is 829 g/mol. The molecule has 1 unspecified atom stereocenters. The number of amides is 3. The lowest BCUT2D eigenvalue weighted by Gasteiger charge is -2.43. The number of ether oxygens (including phenoxy) is 2. The van der Waals surface area contributed by atoms with Crippen molar-refractivity contribution < 1.29 is 37.0 Å². The highest BCUT2D eigenvalue weighted by Gasteiger charge is 2.40. The van der Waals surface area contributed by atoms with Gasteiger partial charge in [-0.1, -0.05) is 17.7 Å². The molecular formula is C43H50ClF3N10O5. The van der Waals surface area contributed by atoms with E-state index in [1.54, 1.807) is 10.9 Å². The number of benzene rings is 1. The van der Waals surface area contributed by atoms with E-state index in [0.717, 1.165) is 81.9 Å². The summed E-state index contributed by atoms with van der Waals surface area (Å²) in [5.41, 5.74) is 1.69. The zero-order valence-corrected chi connectivity index (χ0v) is 34.9. The number of carbonyl (C=O) groups is 3. The van der Waals surface area contributed by atoms with Gasteiger partial charge in [-0.3, -0.25) is 29.3 Å². The standard InChI is InChI=1S/C43H50ClF3N10O5/c44-33-14-27(5-6-30(33)31-7-8-38(58)51-42(31)59)54-17-25(18-54)22-62-36-9-11-53(20-34(36)45)16-24-1-3-26(4-2-24)57-21-35(39(52-57)40(46)47)49-43(60)32-15-48-56-12-10-37(50-41(32)56)55-19-29-13-28(55)23-61-29/h5-6,10,12,14-15,21,24-26,28-29,31,34,36,40H,1-4,7-9,11,13,16-20,22-23H2,(H,49,60)(H,51,58,59)/t24?,26?,28-,29-,31?,34+,36-/m1/s1. The van der Waals surface area contributed by atoms with Crippen molar-refractivity contribution in [2.24, 2.45) is 11.8 Å². The van der Waals surface area contributed by atoms with Gasteiger partial charge >= 0.3 is 0 Å². The van der Waals surface area contributed by atoms with Gasteiger partial charge in [0.15, 0.2) is 11.3 Å². The van der Waals surface area contributed by atoms with Crippen molar-refractivity contribution in [3.63, 3.8) is 0 Å². The Balaban J connectivity index is 0.671. The SMILES string of the molecule is O=C1CCC(c2ccc(N3CC(CO[C@@H]4CCN(CC5CCC(n6cc(NC(=O)c7cnn8ccc(N9C[C@H]%10C[C@@H]9CO%10)nc78)c(C(F)F)n6)CC5)C[C@@H]4F)C3)cc2Cl)C(=O)N1. The molecule has 15 nitrogen and oxygen atoms in total. The van der Waals surface area contributed by atoms with Crippen molar-refractivity contribution in [1.82, 2.24) is 34.6 Å². The summed E-state index contributed by atoms with van der Waals surface area (Å²) in [6.07, 6.45) is 5.87. The maximum Gasteiger partial charge on any atom is 0.284 e. The first kappa shape index (κ1) is 41.2. The first-order valence-electron chi connectivity index (χ1n) is 21.8. The molecule has 2 bridgehead atoms. The predicted molar refractivity (Wildman–Crippen MR) is 223 cm³/mol. The van der Waals surface area contributed by atoms with Crippen molar-refractivity contribution in [3.8, 4) is 0 Å². The third-order valence-corrected chi connectivity index (χ3v) is 14.1. The fourth-order valence-electron chi connectivity index (χ4n) is 10.3. The predicted octanol–water partition coefficient (Wildman–Crippen LogP) is 5.56. The van der Waals surface area contributed by atoms with Crippen LogP contribution in [0.15, 0.2) is 42.9 Å². The molecule has 1 aromatic carbocycles. The monoisotopic (exact) mass is 878 g/mol. The molecule has 1 saturated carbocycles. The molecule has 19 heteroatoms. The second-order valence-corrected chi connectivity index (χ2v) is 18.3. The van der Waals surface area contributed by atoms with Gasteiger partial charge in [0.05, 0.1) is 55.3 Å². The summed E-state index contributed by atoms with van der Waals surface area (Å²) in [6, 6.07) is 7.67. The number of nitrogens with one attached hydrogen (secondary N) is 2. The first-order chi connectivity index (χ1) is 30.0. The van der Waals surface area contributed by atoms with E-state index in [9.17, 15) is 23.2 Å². The highest BCUT2D eigenvalue weighted by molar-refractivity contribution is 6.32. The van der Waals surface area contributed by atoms with Crippen LogP contribution in [0.3, 0.4) is 0 Å². The highest BCUT2D eigenvalue weighted by atomic mass is 35.5. The van der Waals surface area contributed by atoms with Crippen molar-refractivity contribution in [3.05, 3.63) is 64.7 Å². The van der Waals surface area contributed by atoms with E-state index in [1.165, 1.54) is 16.9 Å². The van der Waals surface area contributed by atoms with Crippen LogP contribution < -0.4 is 20.4 Å². The molecule has 8 heterocycles. The van der Waals surface area contributed by atoms with Crippen molar-refractivity contribution >= 4 is 52.2 Å². The summed E-state index contributed by atoms with van der Waals surface area (Å²) in [7, 11) is 0. The van der Waals surface area contributed by atoms with Gasteiger partial charge < -0.3 is 24.6 Å². The van der Waals surface area contributed by atoms with Crippen LogP contribution in [0, 0.1) is 11.8 Å². The van der Waals surface area contributed by atoms with E-state index in [1.807, 2.05) is 24.3 Å². The minimum Gasteiger partial charge on any atom is -0.375 e. The molecule has 10 rings (SSSR count). The Kier molecular flexibility index (Phi) is 11.4. The number of hydrogen-bond donors (Lipinski definition) is 2. The van der Waals surface area contributed by atoms with Crippen LogP contribution in [0.25, 0.3) is 5.65 Å². The summed E-state index contributed by atoms with van der Waals surface area (Å²) in [5.74, 6) is -0.250. The van der Waals surface area contributed by atoms with Gasteiger partial charge in [0.25, 0.3) is 12.3 Å². The maximum atomic E-state index is 15.5. The minimum atomic E-state index is -2.88. The van der Waals surface area contributed by atoms with Gasteiger partial charge in [-0.2, -0.15) is 10.2 Å². The number of carbonyl (C=O) groups excluding carboxylic acids is 3. The molecule has 1 aliphatic carbocycles. The van der Waals surface area contributed by atoms with Crippen LogP contribution in [-0.2, 0) is 19.1 Å². The molecule has 2 N–H and O–H groups in total. The number of anilines is 3. The van der Waals surface area contributed by atoms with E-state index >= 15 is 4.39 Å². The Bertz CT molecular complexity index is 2330. The molecule has 62 heavy (non-hydrogen) atoms. The quantitative estimate of drug-likeness (QED) is 0.172. The normalized spacial score (nSPS) is 28.2. The number of rotatable bonds is 12. The number of morpholine rings is 1. The Labute approximate surface area is 361 Å². The topological polar surface area (TPSA) is 151 Å². The number of likely N-dealkylation sites (tertiary alicyclic amines) is 1. The van der Waals surface area contributed by atoms with Crippen molar-refractivity contribution in [2.45, 2.75) is 94.2 Å². The molecule has 4 aromatic rings. The first-order valence-corrected chi connectivity index (χ1v) is 22.2. The summed E-state index contributed by atoms with van der Waals surface area (Å²) in [6.45, 7) is 5.21. The molecule has 0 spiro atoms. The van der Waals surface area contributed by atoms with Gasteiger partial charge in [0, 0.05) is 74.7 Å². The Morgan fingerprint density at radius 3 is 2.60 bits per heavy atom. The summed E-state index contributed by atoms with van der Waals surface area (Å²) < 4.78 is 58.9. The fraction of sp³-hybridized carbons (Fsp3) is 0.581. The lowest BCUT2D eigenvalue weighted by atomic mass is 9.85. The van der Waals surface area contributed by atoms with Crippen molar-refractivity contribution in [1.29, 1.82) is 0 Å². The Hall–Kier alpha value is -4.78. The lowest BCUT2D eigenvalue weighted by Crippen LogP contribution is -2.51. The van der Waals surface area contributed by atoms with Crippen LogP contribution in [0.2, 0.25) is 5.02 Å². The molecule has 5 aliphatic heterocycles. The molecule has 0 radical (unpaired) electrons. The minimum absolute atomic E-state index is 0.0337. The van der Waals surface area contributed by atoms with Gasteiger partial charge in [-0.15, -0.1) is 0 Å². The molecule has 5 atom stereocenters. The second kappa shape index (κ2) is 17.1. The van der Waals surface area contributed by atoms with Crippen LogP contribution in [0.5, 0.6) is 0 Å². The maximum absolute atomic E-state index is 15.5. The van der Waals surface area contributed by atoms with Crippen molar-refractivity contribution in [2.75, 3.05) is 67.6 Å². The third-order valence-electron chi connectivity index (χ3n) is 13.7. The zero-order chi connectivity index (χ0) is 42.6. The Morgan fingerprint density at radius 2 is 1.87 bits per heavy atom. The zero-order valence-electron chi connectivity index (χ0n) is 34.2. The molecule has 6 aliphatic rings. The number of piperidine rings is 2. The summed E-state index contributed by atoms with van der Waals surface area (Å²) in [4.78, 5) is 48.7. The van der Waals surface area contributed by atoms with Crippen LogP contribution in [0.1, 0.15) is 91.4 Å². The number of imide groups is 1. The molecule has 3 amide bonds.